The van der Waals surface area contributed by atoms with Gasteiger partial charge in [-0.1, -0.05) is 24.3 Å². The van der Waals surface area contributed by atoms with Crippen molar-refractivity contribution >= 4 is 16.7 Å². The molecule has 5 heteroatoms. The first kappa shape index (κ1) is 16.5. The van der Waals surface area contributed by atoms with Crippen molar-refractivity contribution in [1.82, 2.24) is 19.7 Å². The molecule has 2 saturated heterocycles. The predicted molar refractivity (Wildman–Crippen MR) is 99.7 cm³/mol. The van der Waals surface area contributed by atoms with E-state index in [1.54, 1.807) is 6.20 Å². The lowest BCUT2D eigenvalue weighted by Gasteiger charge is -2.48. The Kier molecular flexibility index (Phi) is 4.44. The molecule has 0 atom stereocenters. The molecule has 0 bridgehead atoms. The number of rotatable bonds is 3. The number of carbonyl (C=O) groups is 1. The fourth-order valence-electron chi connectivity index (χ4n) is 3.91. The molecule has 5 nitrogen and oxygen atoms in total. The standard InChI is InChI=1S/C20H26N4O/c1-15(2)22-9-11-23(12-10-22)17-13-24(14-17)20(25)19-18-6-4-3-5-16(18)7-8-21-19/h3-8,15,17H,9-14H2,1-2H3. The highest BCUT2D eigenvalue weighted by Crippen LogP contribution is 2.23. The largest absolute Gasteiger partial charge is 0.334 e. The molecular formula is C20H26N4O. The van der Waals surface area contributed by atoms with Crippen molar-refractivity contribution in [1.29, 1.82) is 0 Å². The Morgan fingerprint density at radius 3 is 2.52 bits per heavy atom. The maximum atomic E-state index is 12.8. The molecule has 0 unspecified atom stereocenters. The van der Waals surface area contributed by atoms with Crippen LogP contribution in [0.3, 0.4) is 0 Å². The molecule has 0 saturated carbocycles. The van der Waals surface area contributed by atoms with Gasteiger partial charge >= 0.3 is 0 Å². The fourth-order valence-corrected chi connectivity index (χ4v) is 3.91. The molecule has 1 aromatic carbocycles. The molecule has 1 amide bonds. The van der Waals surface area contributed by atoms with E-state index in [0.29, 0.717) is 17.8 Å². The molecular weight excluding hydrogens is 312 g/mol. The summed E-state index contributed by atoms with van der Waals surface area (Å²) in [6.07, 6.45) is 1.73. The Bertz CT molecular complexity index is 756. The normalized spacial score (nSPS) is 20.2. The number of amides is 1. The molecule has 0 radical (unpaired) electrons. The van der Waals surface area contributed by atoms with E-state index >= 15 is 0 Å². The Labute approximate surface area is 149 Å². The topological polar surface area (TPSA) is 39.7 Å². The number of pyridine rings is 1. The summed E-state index contributed by atoms with van der Waals surface area (Å²) in [5.41, 5.74) is 0.584. The second kappa shape index (κ2) is 6.73. The molecule has 3 heterocycles. The third kappa shape index (κ3) is 3.14. The summed E-state index contributed by atoms with van der Waals surface area (Å²) in [4.78, 5) is 24.2. The molecule has 2 aliphatic heterocycles. The third-order valence-electron chi connectivity index (χ3n) is 5.62. The van der Waals surface area contributed by atoms with Crippen molar-refractivity contribution < 1.29 is 4.79 Å². The van der Waals surface area contributed by atoms with E-state index in [9.17, 15) is 4.79 Å². The van der Waals surface area contributed by atoms with Crippen LogP contribution in [-0.2, 0) is 0 Å². The van der Waals surface area contributed by atoms with Crippen molar-refractivity contribution in [3.63, 3.8) is 0 Å². The summed E-state index contributed by atoms with van der Waals surface area (Å²) in [7, 11) is 0. The fraction of sp³-hybridized carbons (Fsp3) is 0.500. The number of hydrogen-bond acceptors (Lipinski definition) is 4. The van der Waals surface area contributed by atoms with Crippen LogP contribution in [0.25, 0.3) is 10.8 Å². The van der Waals surface area contributed by atoms with Gasteiger partial charge in [-0.25, -0.2) is 0 Å². The Morgan fingerprint density at radius 2 is 1.80 bits per heavy atom. The lowest BCUT2D eigenvalue weighted by molar-refractivity contribution is 0.00299. The molecule has 0 N–H and O–H groups in total. The van der Waals surface area contributed by atoms with Crippen molar-refractivity contribution in [3.8, 4) is 0 Å². The van der Waals surface area contributed by atoms with Crippen molar-refractivity contribution in [2.24, 2.45) is 0 Å². The summed E-state index contributed by atoms with van der Waals surface area (Å²) in [6, 6.07) is 11.1. The number of fused-ring (bicyclic) bond motifs is 1. The van der Waals surface area contributed by atoms with Gasteiger partial charge < -0.3 is 4.90 Å². The van der Waals surface area contributed by atoms with Gasteiger partial charge in [0.05, 0.1) is 0 Å². The molecule has 1 aromatic heterocycles. The van der Waals surface area contributed by atoms with Crippen LogP contribution in [0.5, 0.6) is 0 Å². The minimum atomic E-state index is 0.0638. The molecule has 25 heavy (non-hydrogen) atoms. The summed E-state index contributed by atoms with van der Waals surface area (Å²) in [5, 5.41) is 2.02. The summed E-state index contributed by atoms with van der Waals surface area (Å²) in [6.45, 7) is 10.7. The van der Waals surface area contributed by atoms with Gasteiger partial charge in [-0.2, -0.15) is 0 Å². The zero-order chi connectivity index (χ0) is 17.4. The Hall–Kier alpha value is -1.98. The molecule has 0 aliphatic carbocycles. The van der Waals surface area contributed by atoms with E-state index in [-0.39, 0.29) is 5.91 Å². The average Bonchev–Trinajstić information content (AvgIpc) is 2.60. The first-order valence-electron chi connectivity index (χ1n) is 9.24. The number of hydrogen-bond donors (Lipinski definition) is 0. The molecule has 2 fully saturated rings. The van der Waals surface area contributed by atoms with Gasteiger partial charge in [-0.3, -0.25) is 19.6 Å². The lowest BCUT2D eigenvalue weighted by atomic mass is 10.0. The first-order valence-corrected chi connectivity index (χ1v) is 9.24. The summed E-state index contributed by atoms with van der Waals surface area (Å²) in [5.74, 6) is 0.0638. The molecule has 0 spiro atoms. The maximum Gasteiger partial charge on any atom is 0.273 e. The van der Waals surface area contributed by atoms with Crippen LogP contribution in [0.4, 0.5) is 0 Å². The average molecular weight is 338 g/mol. The van der Waals surface area contributed by atoms with E-state index in [4.69, 9.17) is 0 Å². The van der Waals surface area contributed by atoms with Crippen molar-refractivity contribution in [3.05, 3.63) is 42.2 Å². The second-order valence-electron chi connectivity index (χ2n) is 7.41. The van der Waals surface area contributed by atoms with Crippen LogP contribution in [0.1, 0.15) is 24.3 Å². The molecule has 4 rings (SSSR count). The Balaban J connectivity index is 1.38. The maximum absolute atomic E-state index is 12.8. The highest BCUT2D eigenvalue weighted by Gasteiger charge is 2.37. The van der Waals surface area contributed by atoms with E-state index in [0.717, 1.165) is 50.0 Å². The van der Waals surface area contributed by atoms with Gasteiger partial charge in [0, 0.05) is 62.9 Å². The second-order valence-corrected chi connectivity index (χ2v) is 7.41. The van der Waals surface area contributed by atoms with Crippen LogP contribution >= 0.6 is 0 Å². The quantitative estimate of drug-likeness (QED) is 0.859. The van der Waals surface area contributed by atoms with E-state index < -0.39 is 0 Å². The summed E-state index contributed by atoms with van der Waals surface area (Å²) < 4.78 is 0. The van der Waals surface area contributed by atoms with Crippen molar-refractivity contribution in [2.45, 2.75) is 25.9 Å². The van der Waals surface area contributed by atoms with Gasteiger partial charge in [0.25, 0.3) is 5.91 Å². The third-order valence-corrected chi connectivity index (χ3v) is 5.62. The van der Waals surface area contributed by atoms with Crippen LogP contribution in [0.2, 0.25) is 0 Å². The van der Waals surface area contributed by atoms with Crippen LogP contribution in [0.15, 0.2) is 36.5 Å². The molecule has 2 aliphatic rings. The highest BCUT2D eigenvalue weighted by molar-refractivity contribution is 6.05. The van der Waals surface area contributed by atoms with Gasteiger partial charge in [0.15, 0.2) is 0 Å². The SMILES string of the molecule is CC(C)N1CCN(C2CN(C(=O)c3nccc4ccccc34)C2)CC1. The number of benzene rings is 1. The van der Waals surface area contributed by atoms with E-state index in [1.807, 2.05) is 35.2 Å². The van der Waals surface area contributed by atoms with Crippen LogP contribution in [0, 0.1) is 0 Å². The first-order chi connectivity index (χ1) is 12.1. The van der Waals surface area contributed by atoms with Crippen LogP contribution < -0.4 is 0 Å². The Morgan fingerprint density at radius 1 is 1.08 bits per heavy atom. The van der Waals surface area contributed by atoms with Crippen molar-refractivity contribution in [2.75, 3.05) is 39.3 Å². The van der Waals surface area contributed by atoms with E-state index in [1.165, 1.54) is 0 Å². The lowest BCUT2D eigenvalue weighted by Crippen LogP contribution is -2.64. The van der Waals surface area contributed by atoms with Gasteiger partial charge in [-0.15, -0.1) is 0 Å². The number of aromatic nitrogens is 1. The molecule has 2 aromatic rings. The monoisotopic (exact) mass is 338 g/mol. The van der Waals surface area contributed by atoms with E-state index in [2.05, 4.69) is 28.6 Å². The minimum Gasteiger partial charge on any atom is -0.334 e. The highest BCUT2D eigenvalue weighted by atomic mass is 16.2. The number of nitrogens with zero attached hydrogens (tertiary/aromatic N) is 4. The zero-order valence-corrected chi connectivity index (χ0v) is 15.1. The number of carbonyl (C=O) groups excluding carboxylic acids is 1. The smallest absolute Gasteiger partial charge is 0.273 e. The summed E-state index contributed by atoms with van der Waals surface area (Å²) >= 11 is 0. The predicted octanol–water partition coefficient (Wildman–Crippen LogP) is 2.09. The van der Waals surface area contributed by atoms with Gasteiger partial charge in [0.2, 0.25) is 0 Å². The molecule has 132 valence electrons. The minimum absolute atomic E-state index is 0.0638. The van der Waals surface area contributed by atoms with Crippen LogP contribution in [-0.4, -0.2) is 76.9 Å². The number of piperazine rings is 1. The number of likely N-dealkylation sites (tertiary alicyclic amines) is 1. The zero-order valence-electron chi connectivity index (χ0n) is 15.1. The van der Waals surface area contributed by atoms with Gasteiger partial charge in [-0.05, 0) is 25.3 Å². The van der Waals surface area contributed by atoms with Gasteiger partial charge in [0.1, 0.15) is 5.69 Å².